The van der Waals surface area contributed by atoms with Crippen LogP contribution in [0.5, 0.6) is 0 Å². The van der Waals surface area contributed by atoms with E-state index in [1.807, 2.05) is 59.3 Å². The Morgan fingerprint density at radius 2 is 2.04 bits per heavy atom. The van der Waals surface area contributed by atoms with Crippen molar-refractivity contribution < 1.29 is 9.48 Å². The van der Waals surface area contributed by atoms with Crippen LogP contribution in [0.15, 0.2) is 70.6 Å². The summed E-state index contributed by atoms with van der Waals surface area (Å²) in [5.74, 6) is 0.209. The van der Waals surface area contributed by atoms with Crippen LogP contribution in [0.2, 0.25) is 0 Å². The summed E-state index contributed by atoms with van der Waals surface area (Å²) in [5, 5.41) is 6.65. The first-order valence-electron chi connectivity index (χ1n) is 6.91. The molecule has 2 N–H and O–H groups in total. The Labute approximate surface area is 146 Å². The molecular weight excluding hydrogens is 376 g/mol. The Kier molecular flexibility index (Phi) is 5.09. The molecule has 116 valence electrons. The predicted octanol–water partition coefficient (Wildman–Crippen LogP) is 3.18. The maximum absolute atomic E-state index is 12.1. The van der Waals surface area contributed by atoms with E-state index in [-0.39, 0.29) is 11.7 Å². The van der Waals surface area contributed by atoms with Gasteiger partial charge in [-0.3, -0.25) is 4.79 Å². The lowest BCUT2D eigenvalue weighted by atomic mass is 10.3. The SMILES string of the molecule is O=C(CSc1nc[nH][n+]1-c1ccccc1)Nc1cccc(Br)c1. The number of aromatic nitrogens is 3. The minimum absolute atomic E-state index is 0.0734. The molecule has 23 heavy (non-hydrogen) atoms. The molecule has 0 spiro atoms. The normalized spacial score (nSPS) is 10.5. The van der Waals surface area contributed by atoms with Crippen molar-refractivity contribution in [1.82, 2.24) is 10.1 Å². The minimum Gasteiger partial charge on any atom is -0.325 e. The molecule has 3 aromatic rings. The predicted molar refractivity (Wildman–Crippen MR) is 93.6 cm³/mol. The van der Waals surface area contributed by atoms with Gasteiger partial charge in [0, 0.05) is 10.2 Å². The topological polar surface area (TPSA) is 61.7 Å². The number of carbonyl (C=O) groups excluding carboxylic acids is 1. The Hall–Kier alpha value is -2.12. The zero-order chi connectivity index (χ0) is 16.1. The smallest absolute Gasteiger partial charge is 0.325 e. The van der Waals surface area contributed by atoms with Gasteiger partial charge in [0.05, 0.1) is 5.75 Å². The molecule has 0 fully saturated rings. The first-order chi connectivity index (χ1) is 11.2. The van der Waals surface area contributed by atoms with Crippen LogP contribution in [0, 0.1) is 0 Å². The number of amides is 1. The summed E-state index contributed by atoms with van der Waals surface area (Å²) in [4.78, 5) is 16.3. The number of rotatable bonds is 5. The second kappa shape index (κ2) is 7.43. The van der Waals surface area contributed by atoms with Gasteiger partial charge in [-0.15, -0.1) is 4.68 Å². The van der Waals surface area contributed by atoms with Gasteiger partial charge in [0.25, 0.3) is 0 Å². The quantitative estimate of drug-likeness (QED) is 0.520. The van der Waals surface area contributed by atoms with Gasteiger partial charge >= 0.3 is 5.16 Å². The number of hydrogen-bond donors (Lipinski definition) is 2. The molecule has 0 saturated carbocycles. The fourth-order valence-electron chi connectivity index (χ4n) is 2.01. The van der Waals surface area contributed by atoms with Crippen LogP contribution in [0.25, 0.3) is 5.69 Å². The lowest BCUT2D eigenvalue weighted by Gasteiger charge is -2.04. The van der Waals surface area contributed by atoms with Gasteiger partial charge in [-0.1, -0.05) is 40.2 Å². The third-order valence-electron chi connectivity index (χ3n) is 3.01. The lowest BCUT2D eigenvalue weighted by Crippen LogP contribution is -2.35. The van der Waals surface area contributed by atoms with Crippen molar-refractivity contribution in [3.63, 3.8) is 0 Å². The summed E-state index contributed by atoms with van der Waals surface area (Å²) in [6.07, 6.45) is 1.61. The fraction of sp³-hybridized carbons (Fsp3) is 0.0625. The number of halogens is 1. The van der Waals surface area contributed by atoms with Crippen molar-refractivity contribution in [1.29, 1.82) is 0 Å². The van der Waals surface area contributed by atoms with E-state index >= 15 is 0 Å². The fourth-order valence-corrected chi connectivity index (χ4v) is 3.16. The molecule has 1 heterocycles. The van der Waals surface area contributed by atoms with Crippen molar-refractivity contribution in [2.45, 2.75) is 5.16 Å². The standard InChI is InChI=1S/C16H13BrN4OS/c17-12-5-4-6-13(9-12)20-15(22)10-23-16-18-11-19-21(16)14-7-2-1-3-8-14/h1-9,11H,10H2,(H,20,22)/p+1. The molecule has 7 heteroatoms. The number of aromatic amines is 1. The van der Waals surface area contributed by atoms with Crippen molar-refractivity contribution in [3.05, 3.63) is 65.4 Å². The molecule has 0 unspecified atom stereocenters. The molecule has 1 aromatic heterocycles. The van der Waals surface area contributed by atoms with Crippen LogP contribution in [0.4, 0.5) is 5.69 Å². The third kappa shape index (κ3) is 4.20. The van der Waals surface area contributed by atoms with Gasteiger partial charge in [-0.25, -0.2) is 0 Å². The van der Waals surface area contributed by atoms with Crippen LogP contribution in [0.3, 0.4) is 0 Å². The van der Waals surface area contributed by atoms with E-state index in [9.17, 15) is 4.79 Å². The van der Waals surface area contributed by atoms with E-state index in [1.54, 1.807) is 6.33 Å². The summed E-state index contributed by atoms with van der Waals surface area (Å²) in [5.41, 5.74) is 1.74. The van der Waals surface area contributed by atoms with Crippen molar-refractivity contribution >= 4 is 39.3 Å². The molecule has 5 nitrogen and oxygen atoms in total. The molecule has 0 atom stereocenters. The summed E-state index contributed by atoms with van der Waals surface area (Å²) in [6, 6.07) is 17.3. The molecule has 0 bridgehead atoms. The van der Waals surface area contributed by atoms with Crippen LogP contribution in [-0.2, 0) is 4.79 Å². The van der Waals surface area contributed by atoms with E-state index in [0.717, 1.165) is 21.0 Å². The lowest BCUT2D eigenvalue weighted by molar-refractivity contribution is -0.694. The number of anilines is 1. The number of hydrogen-bond acceptors (Lipinski definition) is 3. The number of benzene rings is 2. The number of nitrogens with one attached hydrogen (secondary N) is 2. The Balaban J connectivity index is 1.63. The molecule has 0 aliphatic heterocycles. The average Bonchev–Trinajstić information content (AvgIpc) is 3.02. The van der Waals surface area contributed by atoms with E-state index in [4.69, 9.17) is 0 Å². The molecular formula is C16H14BrN4OS+. The van der Waals surface area contributed by atoms with E-state index in [0.29, 0.717) is 0 Å². The van der Waals surface area contributed by atoms with Gasteiger partial charge in [0.1, 0.15) is 0 Å². The first kappa shape index (κ1) is 15.8. The number of H-pyrrole nitrogens is 1. The largest absolute Gasteiger partial charge is 0.385 e. The maximum atomic E-state index is 12.1. The average molecular weight is 390 g/mol. The number of para-hydroxylation sites is 1. The zero-order valence-corrected chi connectivity index (χ0v) is 14.5. The third-order valence-corrected chi connectivity index (χ3v) is 4.45. The second-order valence-corrected chi connectivity index (χ2v) is 6.55. The molecule has 0 saturated heterocycles. The summed E-state index contributed by atoms with van der Waals surface area (Å²) < 4.78 is 2.77. The summed E-state index contributed by atoms with van der Waals surface area (Å²) in [7, 11) is 0. The summed E-state index contributed by atoms with van der Waals surface area (Å²) in [6.45, 7) is 0. The van der Waals surface area contributed by atoms with Gasteiger partial charge in [0.15, 0.2) is 5.69 Å². The second-order valence-electron chi connectivity index (χ2n) is 4.69. The number of thioether (sulfide) groups is 1. The molecule has 0 aliphatic rings. The Morgan fingerprint density at radius 1 is 1.22 bits per heavy atom. The van der Waals surface area contributed by atoms with Crippen molar-refractivity contribution in [2.75, 3.05) is 11.1 Å². The Bertz CT molecular complexity index is 807. The highest BCUT2D eigenvalue weighted by Gasteiger charge is 2.18. The van der Waals surface area contributed by atoms with Gasteiger partial charge in [-0.05, 0) is 47.1 Å². The molecule has 2 aromatic carbocycles. The highest BCUT2D eigenvalue weighted by atomic mass is 79.9. The van der Waals surface area contributed by atoms with E-state index in [2.05, 4.69) is 31.3 Å². The maximum Gasteiger partial charge on any atom is 0.385 e. The van der Waals surface area contributed by atoms with Crippen LogP contribution in [-0.4, -0.2) is 21.7 Å². The number of carbonyl (C=O) groups is 1. The van der Waals surface area contributed by atoms with Crippen LogP contribution in [0.1, 0.15) is 0 Å². The van der Waals surface area contributed by atoms with E-state index in [1.165, 1.54) is 11.8 Å². The highest BCUT2D eigenvalue weighted by Crippen LogP contribution is 2.17. The molecule has 3 rings (SSSR count). The number of nitrogens with zero attached hydrogens (tertiary/aromatic N) is 2. The van der Waals surface area contributed by atoms with Gasteiger partial charge in [-0.2, -0.15) is 5.10 Å². The molecule has 0 radical (unpaired) electrons. The van der Waals surface area contributed by atoms with Crippen molar-refractivity contribution in [2.24, 2.45) is 0 Å². The van der Waals surface area contributed by atoms with Gasteiger partial charge < -0.3 is 5.32 Å². The van der Waals surface area contributed by atoms with E-state index < -0.39 is 0 Å². The molecule has 1 amide bonds. The summed E-state index contributed by atoms with van der Waals surface area (Å²) >= 11 is 4.76. The highest BCUT2D eigenvalue weighted by molar-refractivity contribution is 9.10. The zero-order valence-electron chi connectivity index (χ0n) is 12.1. The van der Waals surface area contributed by atoms with Gasteiger partial charge in [0.2, 0.25) is 12.2 Å². The minimum atomic E-state index is -0.0734. The van der Waals surface area contributed by atoms with Crippen molar-refractivity contribution in [3.8, 4) is 5.69 Å². The Morgan fingerprint density at radius 3 is 2.83 bits per heavy atom. The monoisotopic (exact) mass is 389 g/mol. The van der Waals surface area contributed by atoms with Crippen LogP contribution < -0.4 is 10.00 Å². The molecule has 0 aliphatic carbocycles. The first-order valence-corrected chi connectivity index (χ1v) is 8.69. The van der Waals surface area contributed by atoms with Crippen LogP contribution >= 0.6 is 27.7 Å².